The zero-order valence-electron chi connectivity index (χ0n) is 16.5. The molecule has 3 rings (SSSR count). The summed E-state index contributed by atoms with van der Waals surface area (Å²) in [7, 11) is 0. The van der Waals surface area contributed by atoms with Crippen LogP contribution < -0.4 is 5.32 Å². The molecule has 1 atom stereocenters. The molecule has 1 aliphatic heterocycles. The Balaban J connectivity index is 1.65. The molecule has 1 aliphatic rings. The van der Waals surface area contributed by atoms with Gasteiger partial charge in [0, 0.05) is 37.3 Å². The van der Waals surface area contributed by atoms with E-state index in [0.717, 1.165) is 22.6 Å². The van der Waals surface area contributed by atoms with Gasteiger partial charge in [-0.1, -0.05) is 32.0 Å². The summed E-state index contributed by atoms with van der Waals surface area (Å²) in [6.07, 6.45) is 0.305. The van der Waals surface area contributed by atoms with Gasteiger partial charge in [0.15, 0.2) is 0 Å². The van der Waals surface area contributed by atoms with Crippen LogP contribution in [0.4, 0.5) is 0 Å². The molecule has 1 saturated heterocycles. The van der Waals surface area contributed by atoms with Crippen LogP contribution in [0, 0.1) is 25.7 Å². The maximum Gasteiger partial charge on any atom is 0.225 e. The number of aryl methyl sites for hydroxylation is 1. The van der Waals surface area contributed by atoms with E-state index in [1.807, 2.05) is 48.9 Å². The highest BCUT2D eigenvalue weighted by atomic mass is 16.2. The van der Waals surface area contributed by atoms with Crippen LogP contribution in [0.2, 0.25) is 0 Å². The lowest BCUT2D eigenvalue weighted by atomic mass is 10.1. The van der Waals surface area contributed by atoms with E-state index in [1.165, 1.54) is 0 Å². The van der Waals surface area contributed by atoms with E-state index in [9.17, 15) is 9.59 Å². The van der Waals surface area contributed by atoms with Crippen molar-refractivity contribution in [1.82, 2.24) is 20.0 Å². The second kappa shape index (κ2) is 7.94. The van der Waals surface area contributed by atoms with Gasteiger partial charge in [-0.25, -0.2) is 4.68 Å². The Morgan fingerprint density at radius 2 is 1.96 bits per heavy atom. The second-order valence-corrected chi connectivity index (χ2v) is 7.71. The molecule has 1 aromatic carbocycles. The first-order valence-electron chi connectivity index (χ1n) is 9.52. The van der Waals surface area contributed by atoms with E-state index in [-0.39, 0.29) is 17.7 Å². The normalized spacial score (nSPS) is 17.0. The Kier molecular flexibility index (Phi) is 5.63. The fourth-order valence-corrected chi connectivity index (χ4v) is 3.64. The van der Waals surface area contributed by atoms with Gasteiger partial charge in [0.2, 0.25) is 11.8 Å². The van der Waals surface area contributed by atoms with Gasteiger partial charge in [-0.15, -0.1) is 0 Å². The fraction of sp³-hybridized carbons (Fsp3) is 0.476. The van der Waals surface area contributed by atoms with E-state index in [2.05, 4.69) is 24.3 Å². The molecule has 2 aromatic rings. The smallest absolute Gasteiger partial charge is 0.225 e. The van der Waals surface area contributed by atoms with Crippen LogP contribution >= 0.6 is 0 Å². The molecule has 0 aliphatic carbocycles. The molecule has 0 saturated carbocycles. The maximum atomic E-state index is 12.6. The van der Waals surface area contributed by atoms with Crippen LogP contribution in [0.3, 0.4) is 0 Å². The van der Waals surface area contributed by atoms with Crippen LogP contribution in [0.1, 0.15) is 37.2 Å². The molecule has 1 N–H and O–H groups in total. The molecule has 0 radical (unpaired) electrons. The number of amides is 2. The first-order valence-corrected chi connectivity index (χ1v) is 9.52. The zero-order valence-corrected chi connectivity index (χ0v) is 16.5. The van der Waals surface area contributed by atoms with Gasteiger partial charge in [-0.3, -0.25) is 9.59 Å². The second-order valence-electron chi connectivity index (χ2n) is 7.71. The lowest BCUT2D eigenvalue weighted by Crippen LogP contribution is -2.34. The third-order valence-electron chi connectivity index (χ3n) is 5.05. The average molecular weight is 368 g/mol. The third-order valence-corrected chi connectivity index (χ3v) is 5.05. The van der Waals surface area contributed by atoms with Gasteiger partial charge >= 0.3 is 0 Å². The van der Waals surface area contributed by atoms with Gasteiger partial charge in [0.25, 0.3) is 0 Å². The van der Waals surface area contributed by atoms with Crippen molar-refractivity contribution in [3.8, 4) is 5.69 Å². The van der Waals surface area contributed by atoms with Crippen molar-refractivity contribution in [2.45, 2.75) is 40.7 Å². The number of aromatic nitrogens is 2. The first kappa shape index (κ1) is 19.1. The Morgan fingerprint density at radius 3 is 2.63 bits per heavy atom. The fourth-order valence-electron chi connectivity index (χ4n) is 3.64. The third kappa shape index (κ3) is 4.21. The Morgan fingerprint density at radius 1 is 1.26 bits per heavy atom. The minimum Gasteiger partial charge on any atom is -0.352 e. The van der Waals surface area contributed by atoms with Gasteiger partial charge in [0.1, 0.15) is 0 Å². The number of nitrogens with one attached hydrogen (secondary N) is 1. The number of para-hydroxylation sites is 1. The molecule has 0 bridgehead atoms. The standard InChI is InChI=1S/C21H28N4O2/c1-14(2)12-24-13-17(10-20(24)26)21(27)22-11-19-15(3)23-25(16(19)4)18-8-6-5-7-9-18/h5-9,14,17H,10-13H2,1-4H3,(H,22,27)/t17-/m1/s1. The Hall–Kier alpha value is -2.63. The van der Waals surface area contributed by atoms with E-state index in [0.29, 0.717) is 32.0 Å². The molecule has 0 spiro atoms. The van der Waals surface area contributed by atoms with E-state index in [4.69, 9.17) is 0 Å². The predicted molar refractivity (Wildman–Crippen MR) is 104 cm³/mol. The van der Waals surface area contributed by atoms with Crippen LogP contribution in [0.5, 0.6) is 0 Å². The highest BCUT2D eigenvalue weighted by Crippen LogP contribution is 2.21. The van der Waals surface area contributed by atoms with Crippen molar-refractivity contribution in [3.05, 3.63) is 47.3 Å². The van der Waals surface area contributed by atoms with Crippen LogP contribution in [-0.4, -0.2) is 39.6 Å². The molecule has 0 unspecified atom stereocenters. The Bertz CT molecular complexity index is 826. The summed E-state index contributed by atoms with van der Waals surface area (Å²) in [6, 6.07) is 9.95. The molecule has 2 heterocycles. The minimum atomic E-state index is -0.263. The highest BCUT2D eigenvalue weighted by Gasteiger charge is 2.34. The highest BCUT2D eigenvalue weighted by molar-refractivity contribution is 5.89. The van der Waals surface area contributed by atoms with E-state index >= 15 is 0 Å². The van der Waals surface area contributed by atoms with Crippen LogP contribution in [0.25, 0.3) is 5.69 Å². The molecule has 1 aromatic heterocycles. The lowest BCUT2D eigenvalue weighted by Gasteiger charge is -2.18. The largest absolute Gasteiger partial charge is 0.352 e. The topological polar surface area (TPSA) is 67.2 Å². The summed E-state index contributed by atoms with van der Waals surface area (Å²) in [6.45, 7) is 9.79. The monoisotopic (exact) mass is 368 g/mol. The van der Waals surface area contributed by atoms with E-state index in [1.54, 1.807) is 4.90 Å². The summed E-state index contributed by atoms with van der Waals surface area (Å²) < 4.78 is 1.90. The first-order chi connectivity index (χ1) is 12.9. The number of rotatable bonds is 6. The number of carbonyl (C=O) groups excluding carboxylic acids is 2. The number of carbonyl (C=O) groups is 2. The number of hydrogen-bond donors (Lipinski definition) is 1. The average Bonchev–Trinajstić information content (AvgIpc) is 3.13. The summed E-state index contributed by atoms with van der Waals surface area (Å²) in [5.74, 6) is 0.167. The van der Waals surface area contributed by atoms with E-state index < -0.39 is 0 Å². The van der Waals surface area contributed by atoms with Gasteiger partial charge in [0.05, 0.1) is 17.3 Å². The van der Waals surface area contributed by atoms with Gasteiger partial charge < -0.3 is 10.2 Å². The van der Waals surface area contributed by atoms with Crippen LogP contribution in [0.15, 0.2) is 30.3 Å². The van der Waals surface area contributed by atoms with Crippen molar-refractivity contribution < 1.29 is 9.59 Å². The molecular weight excluding hydrogens is 340 g/mol. The molecule has 144 valence electrons. The predicted octanol–water partition coefficient (Wildman–Crippen LogP) is 2.61. The van der Waals surface area contributed by atoms with Crippen molar-refractivity contribution in [1.29, 1.82) is 0 Å². The quantitative estimate of drug-likeness (QED) is 0.852. The van der Waals surface area contributed by atoms with Gasteiger partial charge in [-0.2, -0.15) is 5.10 Å². The summed E-state index contributed by atoms with van der Waals surface area (Å²) in [5, 5.41) is 7.63. The number of likely N-dealkylation sites (tertiary alicyclic amines) is 1. The molecule has 2 amide bonds. The van der Waals surface area contributed by atoms with Crippen molar-refractivity contribution in [2.75, 3.05) is 13.1 Å². The number of nitrogens with zero attached hydrogens (tertiary/aromatic N) is 3. The Labute approximate surface area is 160 Å². The SMILES string of the molecule is Cc1nn(-c2ccccc2)c(C)c1CNC(=O)[C@@H]1CC(=O)N(CC(C)C)C1. The summed E-state index contributed by atoms with van der Waals surface area (Å²) >= 11 is 0. The molecule has 6 nitrogen and oxygen atoms in total. The zero-order chi connectivity index (χ0) is 19.6. The maximum absolute atomic E-state index is 12.6. The van der Waals surface area contributed by atoms with Crippen molar-refractivity contribution >= 4 is 11.8 Å². The molecule has 6 heteroatoms. The van der Waals surface area contributed by atoms with Crippen molar-refractivity contribution in [2.24, 2.45) is 11.8 Å². The summed E-state index contributed by atoms with van der Waals surface area (Å²) in [5.41, 5.74) is 3.94. The molecular formula is C21H28N4O2. The molecule has 27 heavy (non-hydrogen) atoms. The molecule has 1 fully saturated rings. The lowest BCUT2D eigenvalue weighted by molar-refractivity contribution is -0.129. The van der Waals surface area contributed by atoms with Crippen LogP contribution in [-0.2, 0) is 16.1 Å². The number of hydrogen-bond acceptors (Lipinski definition) is 3. The summed E-state index contributed by atoms with van der Waals surface area (Å²) in [4.78, 5) is 26.5. The van der Waals surface area contributed by atoms with Gasteiger partial charge in [-0.05, 0) is 31.9 Å². The number of benzene rings is 1. The van der Waals surface area contributed by atoms with Crippen molar-refractivity contribution in [3.63, 3.8) is 0 Å². The minimum absolute atomic E-state index is 0.0548.